The minimum Gasteiger partial charge on any atom is -0.205 e. The van der Waals surface area contributed by atoms with E-state index in [0.717, 1.165) is 10.0 Å². The fourth-order valence-electron chi connectivity index (χ4n) is 0.887. The van der Waals surface area contributed by atoms with Crippen LogP contribution in [0.3, 0.4) is 0 Å². The smallest absolute Gasteiger partial charge is 0.205 e. The zero-order chi connectivity index (χ0) is 10.6. The van der Waals surface area contributed by atoms with Gasteiger partial charge in [0.15, 0.2) is 0 Å². The molecular weight excluding hydrogens is 268 g/mol. The first-order chi connectivity index (χ1) is 6.55. The molecule has 0 fully saturated rings. The summed E-state index contributed by atoms with van der Waals surface area (Å²) in [5.41, 5.74) is 0.895. The molecule has 0 unspecified atom stereocenters. The molecule has 0 aliphatic carbocycles. The van der Waals surface area contributed by atoms with E-state index in [0.29, 0.717) is 0 Å². The fourth-order valence-corrected chi connectivity index (χ4v) is 1.80. The zero-order valence-electron chi connectivity index (χ0n) is 7.62. The molecule has 1 rings (SSSR count). The van der Waals surface area contributed by atoms with E-state index in [4.69, 9.17) is 0 Å². The Kier molecular flexibility index (Phi) is 4.06. The third kappa shape index (κ3) is 3.38. The molecular formula is C8H11BrN2O2S. The summed E-state index contributed by atoms with van der Waals surface area (Å²) in [6.07, 6.45) is 0. The van der Waals surface area contributed by atoms with Crippen molar-refractivity contribution >= 4 is 26.1 Å². The van der Waals surface area contributed by atoms with Crippen molar-refractivity contribution in [3.05, 3.63) is 34.3 Å². The fraction of sp³-hybridized carbons (Fsp3) is 0.250. The van der Waals surface area contributed by atoms with Crippen LogP contribution in [0.2, 0.25) is 0 Å². The summed E-state index contributed by atoms with van der Waals surface area (Å²) in [6, 6.07) is 7.44. The van der Waals surface area contributed by atoms with E-state index in [-0.39, 0.29) is 6.54 Å². The van der Waals surface area contributed by atoms with Gasteiger partial charge in [-0.3, -0.25) is 0 Å². The lowest BCUT2D eigenvalue weighted by Gasteiger charge is -2.06. The Morgan fingerprint density at radius 2 is 2.00 bits per heavy atom. The number of rotatable bonds is 4. The Labute approximate surface area is 92.0 Å². The van der Waals surface area contributed by atoms with Gasteiger partial charge in [0.25, 0.3) is 10.2 Å². The van der Waals surface area contributed by atoms with Crippen LogP contribution in [0.1, 0.15) is 5.56 Å². The van der Waals surface area contributed by atoms with Crippen LogP contribution in [0.4, 0.5) is 0 Å². The first-order valence-corrected chi connectivity index (χ1v) is 6.24. The highest BCUT2D eigenvalue weighted by Crippen LogP contribution is 2.15. The lowest BCUT2D eigenvalue weighted by molar-refractivity contribution is 0.573. The number of halogens is 1. The summed E-state index contributed by atoms with van der Waals surface area (Å²) in [5.74, 6) is 0. The minimum atomic E-state index is -3.36. The maximum Gasteiger partial charge on any atom is 0.276 e. The molecule has 0 aromatic heterocycles. The van der Waals surface area contributed by atoms with E-state index in [9.17, 15) is 8.42 Å². The van der Waals surface area contributed by atoms with E-state index >= 15 is 0 Å². The molecule has 0 bridgehead atoms. The third-order valence-electron chi connectivity index (χ3n) is 1.68. The van der Waals surface area contributed by atoms with Gasteiger partial charge in [0.2, 0.25) is 0 Å². The predicted molar refractivity (Wildman–Crippen MR) is 59.0 cm³/mol. The van der Waals surface area contributed by atoms with Gasteiger partial charge in [-0.15, -0.1) is 0 Å². The molecule has 6 heteroatoms. The first-order valence-electron chi connectivity index (χ1n) is 3.97. The van der Waals surface area contributed by atoms with Crippen molar-refractivity contribution in [2.45, 2.75) is 6.54 Å². The van der Waals surface area contributed by atoms with Crippen molar-refractivity contribution in [3.63, 3.8) is 0 Å². The van der Waals surface area contributed by atoms with Gasteiger partial charge >= 0.3 is 0 Å². The Hall–Kier alpha value is -0.430. The van der Waals surface area contributed by atoms with E-state index in [1.54, 1.807) is 0 Å². The molecule has 1 aromatic rings. The molecule has 0 heterocycles. The van der Waals surface area contributed by atoms with Crippen LogP contribution in [-0.2, 0) is 16.8 Å². The summed E-state index contributed by atoms with van der Waals surface area (Å²) in [7, 11) is -1.99. The van der Waals surface area contributed by atoms with E-state index in [1.807, 2.05) is 24.3 Å². The summed E-state index contributed by atoms with van der Waals surface area (Å²) in [6.45, 7) is 0.268. The molecule has 0 atom stereocenters. The number of nitrogens with one attached hydrogen (secondary N) is 2. The van der Waals surface area contributed by atoms with E-state index in [1.165, 1.54) is 7.05 Å². The van der Waals surface area contributed by atoms with Crippen LogP contribution in [0.5, 0.6) is 0 Å². The Bertz CT molecular complexity index is 406. The van der Waals surface area contributed by atoms with E-state index in [2.05, 4.69) is 25.4 Å². The second-order valence-corrected chi connectivity index (χ2v) is 5.18. The molecule has 0 amide bonds. The van der Waals surface area contributed by atoms with Gasteiger partial charge in [-0.2, -0.15) is 13.1 Å². The van der Waals surface area contributed by atoms with Gasteiger partial charge in [-0.25, -0.2) is 4.72 Å². The Balaban J connectivity index is 2.68. The topological polar surface area (TPSA) is 58.2 Å². The lowest BCUT2D eigenvalue weighted by atomic mass is 10.2. The zero-order valence-corrected chi connectivity index (χ0v) is 10.0. The monoisotopic (exact) mass is 278 g/mol. The third-order valence-corrected chi connectivity index (χ3v) is 3.51. The maximum absolute atomic E-state index is 11.0. The number of benzene rings is 1. The summed E-state index contributed by atoms with van der Waals surface area (Å²) < 4.78 is 27.6. The average Bonchev–Trinajstić information content (AvgIpc) is 2.17. The van der Waals surface area contributed by atoms with Crippen LogP contribution in [-0.4, -0.2) is 15.5 Å². The van der Waals surface area contributed by atoms with Gasteiger partial charge in [0.1, 0.15) is 0 Å². The van der Waals surface area contributed by atoms with Crippen molar-refractivity contribution in [1.29, 1.82) is 0 Å². The normalized spacial score (nSPS) is 11.6. The van der Waals surface area contributed by atoms with Crippen molar-refractivity contribution in [1.82, 2.24) is 9.44 Å². The van der Waals surface area contributed by atoms with Crippen molar-refractivity contribution in [3.8, 4) is 0 Å². The molecule has 4 nitrogen and oxygen atoms in total. The van der Waals surface area contributed by atoms with Crippen LogP contribution in [0.15, 0.2) is 28.7 Å². The molecule has 0 saturated heterocycles. The highest BCUT2D eigenvalue weighted by atomic mass is 79.9. The van der Waals surface area contributed by atoms with Crippen LogP contribution in [0.25, 0.3) is 0 Å². The highest BCUT2D eigenvalue weighted by Gasteiger charge is 2.06. The molecule has 0 radical (unpaired) electrons. The highest BCUT2D eigenvalue weighted by molar-refractivity contribution is 9.10. The molecule has 0 saturated carbocycles. The summed E-state index contributed by atoms with van der Waals surface area (Å²) in [4.78, 5) is 0. The number of hydrogen-bond donors (Lipinski definition) is 2. The SMILES string of the molecule is CNS(=O)(=O)NCc1ccccc1Br. The van der Waals surface area contributed by atoms with Gasteiger partial charge in [0, 0.05) is 18.1 Å². The second-order valence-electron chi connectivity index (χ2n) is 2.62. The Morgan fingerprint density at radius 3 is 2.57 bits per heavy atom. The van der Waals surface area contributed by atoms with Crippen LogP contribution < -0.4 is 9.44 Å². The van der Waals surface area contributed by atoms with Crippen LogP contribution >= 0.6 is 15.9 Å². The second kappa shape index (κ2) is 4.88. The van der Waals surface area contributed by atoms with Crippen LogP contribution in [0, 0.1) is 0 Å². The molecule has 14 heavy (non-hydrogen) atoms. The summed E-state index contributed by atoms with van der Waals surface area (Å²) in [5, 5.41) is 0. The largest absolute Gasteiger partial charge is 0.276 e. The van der Waals surface area contributed by atoms with Gasteiger partial charge < -0.3 is 0 Å². The molecule has 78 valence electrons. The molecule has 1 aromatic carbocycles. The Morgan fingerprint density at radius 1 is 1.36 bits per heavy atom. The molecule has 0 aliphatic rings. The van der Waals surface area contributed by atoms with Gasteiger partial charge in [0.05, 0.1) is 0 Å². The van der Waals surface area contributed by atoms with E-state index < -0.39 is 10.2 Å². The summed E-state index contributed by atoms with van der Waals surface area (Å²) >= 11 is 3.33. The molecule has 0 aliphatic heterocycles. The average molecular weight is 279 g/mol. The van der Waals surface area contributed by atoms with Crippen molar-refractivity contribution < 1.29 is 8.42 Å². The van der Waals surface area contributed by atoms with Crippen molar-refractivity contribution in [2.24, 2.45) is 0 Å². The first kappa shape index (κ1) is 11.6. The quantitative estimate of drug-likeness (QED) is 0.864. The standard InChI is InChI=1S/C8H11BrN2O2S/c1-10-14(12,13)11-6-7-4-2-3-5-8(7)9/h2-5,10-11H,6H2,1H3. The molecule has 2 N–H and O–H groups in total. The maximum atomic E-state index is 11.0. The minimum absolute atomic E-state index is 0.268. The predicted octanol–water partition coefficient (Wildman–Crippen LogP) is 1.00. The van der Waals surface area contributed by atoms with Gasteiger partial charge in [-0.1, -0.05) is 34.1 Å². The lowest BCUT2D eigenvalue weighted by Crippen LogP contribution is -2.33. The molecule has 0 spiro atoms. The van der Waals surface area contributed by atoms with Gasteiger partial charge in [-0.05, 0) is 11.6 Å². The number of hydrogen-bond acceptors (Lipinski definition) is 2. The van der Waals surface area contributed by atoms with Crippen molar-refractivity contribution in [2.75, 3.05) is 7.05 Å².